The van der Waals surface area contributed by atoms with Crippen molar-refractivity contribution in [3.8, 4) is 0 Å². The smallest absolute Gasteiger partial charge is 0.0360 e. The number of hydrogen-bond donors (Lipinski definition) is 1. The SMILES string of the molecule is CCCN[C@H](Cc1ccccc1)c1ccccc1. The van der Waals surface area contributed by atoms with Gasteiger partial charge < -0.3 is 5.32 Å². The van der Waals surface area contributed by atoms with Gasteiger partial charge in [0.25, 0.3) is 0 Å². The van der Waals surface area contributed by atoms with Gasteiger partial charge >= 0.3 is 0 Å². The lowest BCUT2D eigenvalue weighted by molar-refractivity contribution is 0.529. The molecule has 0 aliphatic heterocycles. The summed E-state index contributed by atoms with van der Waals surface area (Å²) in [6.45, 7) is 3.27. The van der Waals surface area contributed by atoms with Crippen LogP contribution in [0.1, 0.15) is 30.5 Å². The van der Waals surface area contributed by atoms with Crippen LogP contribution in [0.3, 0.4) is 0 Å². The Morgan fingerprint density at radius 3 is 2.11 bits per heavy atom. The summed E-state index contributed by atoms with van der Waals surface area (Å²) in [5, 5.41) is 3.63. The fraction of sp³-hybridized carbons (Fsp3) is 0.294. The zero-order chi connectivity index (χ0) is 12.6. The van der Waals surface area contributed by atoms with Crippen LogP contribution in [0, 0.1) is 0 Å². The lowest BCUT2D eigenvalue weighted by atomic mass is 9.99. The van der Waals surface area contributed by atoms with Crippen molar-refractivity contribution in [3.05, 3.63) is 71.8 Å². The second-order valence-electron chi connectivity index (χ2n) is 4.61. The van der Waals surface area contributed by atoms with Gasteiger partial charge in [0.1, 0.15) is 0 Å². The fourth-order valence-electron chi connectivity index (χ4n) is 2.16. The lowest BCUT2D eigenvalue weighted by Crippen LogP contribution is -2.24. The Hall–Kier alpha value is -1.60. The lowest BCUT2D eigenvalue weighted by Gasteiger charge is -2.19. The molecule has 0 radical (unpaired) electrons. The van der Waals surface area contributed by atoms with Crippen LogP contribution < -0.4 is 5.32 Å². The predicted molar refractivity (Wildman–Crippen MR) is 77.6 cm³/mol. The minimum Gasteiger partial charge on any atom is -0.310 e. The average Bonchev–Trinajstić information content (AvgIpc) is 2.45. The number of rotatable bonds is 6. The molecule has 94 valence electrons. The van der Waals surface area contributed by atoms with Gasteiger partial charge in [-0.1, -0.05) is 67.6 Å². The van der Waals surface area contributed by atoms with E-state index in [4.69, 9.17) is 0 Å². The molecule has 0 spiro atoms. The van der Waals surface area contributed by atoms with E-state index in [0.29, 0.717) is 6.04 Å². The van der Waals surface area contributed by atoms with E-state index in [9.17, 15) is 0 Å². The Labute approximate surface area is 110 Å². The first-order valence-electron chi connectivity index (χ1n) is 6.72. The Balaban J connectivity index is 2.10. The molecule has 0 heterocycles. The Morgan fingerprint density at radius 2 is 1.50 bits per heavy atom. The van der Waals surface area contributed by atoms with Crippen LogP contribution in [-0.2, 0) is 6.42 Å². The molecule has 1 nitrogen and oxygen atoms in total. The zero-order valence-corrected chi connectivity index (χ0v) is 11.0. The van der Waals surface area contributed by atoms with Crippen LogP contribution in [0.5, 0.6) is 0 Å². The minimum atomic E-state index is 0.411. The monoisotopic (exact) mass is 239 g/mol. The molecule has 0 amide bonds. The number of nitrogens with one attached hydrogen (secondary N) is 1. The Kier molecular flexibility index (Phi) is 4.98. The predicted octanol–water partition coefficient (Wildman–Crippen LogP) is 3.97. The van der Waals surface area contributed by atoms with E-state index in [1.54, 1.807) is 0 Å². The van der Waals surface area contributed by atoms with Gasteiger partial charge in [-0.3, -0.25) is 0 Å². The summed E-state index contributed by atoms with van der Waals surface area (Å²) in [5.74, 6) is 0. The van der Waals surface area contributed by atoms with Crippen molar-refractivity contribution in [2.45, 2.75) is 25.8 Å². The Morgan fingerprint density at radius 1 is 0.889 bits per heavy atom. The van der Waals surface area contributed by atoms with E-state index in [-0.39, 0.29) is 0 Å². The van der Waals surface area contributed by atoms with Crippen molar-refractivity contribution in [1.82, 2.24) is 5.32 Å². The first-order valence-corrected chi connectivity index (χ1v) is 6.72. The van der Waals surface area contributed by atoms with Gasteiger partial charge in [0, 0.05) is 6.04 Å². The maximum absolute atomic E-state index is 3.63. The molecule has 0 aromatic heterocycles. The van der Waals surface area contributed by atoms with Crippen molar-refractivity contribution in [2.75, 3.05) is 6.54 Å². The molecule has 1 atom stereocenters. The van der Waals surface area contributed by atoms with Crippen LogP contribution in [0.2, 0.25) is 0 Å². The van der Waals surface area contributed by atoms with Gasteiger partial charge in [0.2, 0.25) is 0 Å². The summed E-state index contributed by atoms with van der Waals surface area (Å²) in [4.78, 5) is 0. The average molecular weight is 239 g/mol. The van der Waals surface area contributed by atoms with Crippen molar-refractivity contribution in [1.29, 1.82) is 0 Å². The highest BCUT2D eigenvalue weighted by Gasteiger charge is 2.10. The van der Waals surface area contributed by atoms with Gasteiger partial charge in [-0.05, 0) is 30.5 Å². The van der Waals surface area contributed by atoms with Crippen LogP contribution >= 0.6 is 0 Å². The van der Waals surface area contributed by atoms with Crippen LogP contribution in [0.25, 0.3) is 0 Å². The normalized spacial score (nSPS) is 12.3. The molecule has 0 aliphatic carbocycles. The highest BCUT2D eigenvalue weighted by atomic mass is 14.9. The summed E-state index contributed by atoms with van der Waals surface area (Å²) in [7, 11) is 0. The molecule has 2 aromatic rings. The molecule has 18 heavy (non-hydrogen) atoms. The second-order valence-corrected chi connectivity index (χ2v) is 4.61. The van der Waals surface area contributed by atoms with E-state index < -0.39 is 0 Å². The maximum Gasteiger partial charge on any atom is 0.0360 e. The van der Waals surface area contributed by atoms with E-state index in [1.165, 1.54) is 11.1 Å². The van der Waals surface area contributed by atoms with Crippen molar-refractivity contribution < 1.29 is 0 Å². The first kappa shape index (κ1) is 12.8. The van der Waals surface area contributed by atoms with E-state index in [1.807, 2.05) is 0 Å². The van der Waals surface area contributed by atoms with Crippen LogP contribution in [-0.4, -0.2) is 6.54 Å². The largest absolute Gasteiger partial charge is 0.310 e. The topological polar surface area (TPSA) is 12.0 Å². The maximum atomic E-state index is 3.63. The van der Waals surface area contributed by atoms with Crippen LogP contribution in [0.4, 0.5) is 0 Å². The summed E-state index contributed by atoms with van der Waals surface area (Å²) < 4.78 is 0. The summed E-state index contributed by atoms with van der Waals surface area (Å²) in [5.41, 5.74) is 2.75. The highest BCUT2D eigenvalue weighted by Crippen LogP contribution is 2.18. The molecule has 0 bridgehead atoms. The van der Waals surface area contributed by atoms with E-state index in [0.717, 1.165) is 19.4 Å². The molecular weight excluding hydrogens is 218 g/mol. The van der Waals surface area contributed by atoms with Crippen LogP contribution in [0.15, 0.2) is 60.7 Å². The zero-order valence-electron chi connectivity index (χ0n) is 11.0. The fourth-order valence-corrected chi connectivity index (χ4v) is 2.16. The number of hydrogen-bond acceptors (Lipinski definition) is 1. The van der Waals surface area contributed by atoms with E-state index in [2.05, 4.69) is 72.9 Å². The van der Waals surface area contributed by atoms with Crippen molar-refractivity contribution in [2.24, 2.45) is 0 Å². The van der Waals surface area contributed by atoms with Gasteiger partial charge in [-0.25, -0.2) is 0 Å². The van der Waals surface area contributed by atoms with Crippen molar-refractivity contribution >= 4 is 0 Å². The first-order chi connectivity index (χ1) is 8.90. The third kappa shape index (κ3) is 3.71. The third-order valence-corrected chi connectivity index (χ3v) is 3.13. The summed E-state index contributed by atoms with van der Waals surface area (Å²) >= 11 is 0. The molecule has 0 saturated heterocycles. The van der Waals surface area contributed by atoms with Crippen molar-refractivity contribution in [3.63, 3.8) is 0 Å². The molecule has 2 rings (SSSR count). The molecule has 1 N–H and O–H groups in total. The van der Waals surface area contributed by atoms with Gasteiger partial charge in [0.15, 0.2) is 0 Å². The molecule has 0 saturated carbocycles. The molecule has 0 unspecified atom stereocenters. The number of benzene rings is 2. The molecule has 0 aliphatic rings. The molecular formula is C17H21N. The highest BCUT2D eigenvalue weighted by molar-refractivity contribution is 5.23. The molecule has 2 aromatic carbocycles. The summed E-state index contributed by atoms with van der Waals surface area (Å²) in [6.07, 6.45) is 2.21. The van der Waals surface area contributed by atoms with Gasteiger partial charge in [-0.2, -0.15) is 0 Å². The minimum absolute atomic E-state index is 0.411. The standard InChI is InChI=1S/C17H21N/c1-2-13-18-17(16-11-7-4-8-12-16)14-15-9-5-3-6-10-15/h3-12,17-18H,2,13-14H2,1H3/t17-/m1/s1. The van der Waals surface area contributed by atoms with Gasteiger partial charge in [-0.15, -0.1) is 0 Å². The molecule has 0 fully saturated rings. The van der Waals surface area contributed by atoms with Gasteiger partial charge in [0.05, 0.1) is 0 Å². The quantitative estimate of drug-likeness (QED) is 0.804. The third-order valence-electron chi connectivity index (χ3n) is 3.13. The van der Waals surface area contributed by atoms with E-state index >= 15 is 0 Å². The second kappa shape index (κ2) is 6.97. The molecule has 1 heteroatoms. The summed E-state index contributed by atoms with van der Waals surface area (Å²) in [6, 6.07) is 21.8. The Bertz CT molecular complexity index is 436.